The number of cyclic esters (lactones) is 1. The van der Waals surface area contributed by atoms with E-state index in [9.17, 15) is 9.59 Å². The number of rotatable bonds is 4. The molecule has 1 heterocycles. The Hall–Kier alpha value is -1.38. The Morgan fingerprint density at radius 2 is 1.88 bits per heavy atom. The van der Waals surface area contributed by atoms with Crippen molar-refractivity contribution in [2.75, 3.05) is 0 Å². The minimum absolute atomic E-state index is 0.0866. The van der Waals surface area contributed by atoms with Crippen molar-refractivity contribution in [2.45, 2.75) is 85.7 Å². The van der Waals surface area contributed by atoms with Gasteiger partial charge in [-0.05, 0) is 64.2 Å². The highest BCUT2D eigenvalue weighted by atomic mass is 16.6. The monoisotopic (exact) mass is 332 g/mol. The van der Waals surface area contributed by atoms with Crippen LogP contribution in [0.25, 0.3) is 0 Å². The highest BCUT2D eigenvalue weighted by Crippen LogP contribution is 2.42. The van der Waals surface area contributed by atoms with Gasteiger partial charge in [-0.25, -0.2) is 4.79 Å². The molecule has 0 bridgehead atoms. The number of carbonyl (C=O) groups is 2. The van der Waals surface area contributed by atoms with Crippen LogP contribution in [0.4, 0.5) is 0 Å². The van der Waals surface area contributed by atoms with Gasteiger partial charge in [-0.2, -0.15) is 0 Å². The molecule has 0 saturated carbocycles. The molecular formula is C21H32O3. The third kappa shape index (κ3) is 4.37. The van der Waals surface area contributed by atoms with E-state index in [1.54, 1.807) is 19.4 Å². The molecule has 134 valence electrons. The summed E-state index contributed by atoms with van der Waals surface area (Å²) in [5.74, 6) is -0.358. The Bertz CT molecular complexity index is 568. The smallest absolute Gasteiger partial charge is 0.341 e. The maximum absolute atomic E-state index is 12.2. The lowest BCUT2D eigenvalue weighted by atomic mass is 9.71. The van der Waals surface area contributed by atoms with Crippen molar-refractivity contribution in [3.63, 3.8) is 0 Å². The maximum atomic E-state index is 12.2. The minimum atomic E-state index is -0.678. The molecule has 0 amide bonds. The number of carbonyl (C=O) groups excluding carboxylic acids is 2. The molecule has 1 atom stereocenters. The number of esters is 1. The first-order chi connectivity index (χ1) is 11.0. The molecular weight excluding hydrogens is 300 g/mol. The largest absolute Gasteiger partial charge is 0.456 e. The third-order valence-electron chi connectivity index (χ3n) is 5.46. The van der Waals surface area contributed by atoms with E-state index < -0.39 is 11.6 Å². The molecule has 0 aromatic rings. The van der Waals surface area contributed by atoms with Crippen LogP contribution in [0.1, 0.15) is 80.1 Å². The molecule has 3 nitrogen and oxygen atoms in total. The first-order valence-corrected chi connectivity index (χ1v) is 9.19. The third-order valence-corrected chi connectivity index (χ3v) is 5.46. The second-order valence-corrected chi connectivity index (χ2v) is 8.84. The van der Waals surface area contributed by atoms with Gasteiger partial charge >= 0.3 is 5.97 Å². The van der Waals surface area contributed by atoms with Gasteiger partial charge in [0, 0.05) is 0 Å². The van der Waals surface area contributed by atoms with E-state index in [-0.39, 0.29) is 29.1 Å². The van der Waals surface area contributed by atoms with Crippen LogP contribution in [0.5, 0.6) is 0 Å². The molecule has 1 unspecified atom stereocenters. The van der Waals surface area contributed by atoms with Crippen molar-refractivity contribution in [3.8, 4) is 0 Å². The lowest BCUT2D eigenvalue weighted by Crippen LogP contribution is -2.39. The van der Waals surface area contributed by atoms with Crippen LogP contribution < -0.4 is 0 Å². The summed E-state index contributed by atoms with van der Waals surface area (Å²) >= 11 is 0. The zero-order chi connectivity index (χ0) is 18.1. The second kappa shape index (κ2) is 6.85. The van der Waals surface area contributed by atoms with E-state index in [1.165, 1.54) is 24.8 Å². The summed E-state index contributed by atoms with van der Waals surface area (Å²) in [6, 6.07) is 0. The summed E-state index contributed by atoms with van der Waals surface area (Å²) in [4.78, 5) is 24.3. The van der Waals surface area contributed by atoms with Gasteiger partial charge in [-0.15, -0.1) is 0 Å². The first kappa shape index (κ1) is 19.0. The number of ketones is 1. The van der Waals surface area contributed by atoms with Crippen molar-refractivity contribution in [1.29, 1.82) is 0 Å². The Kier molecular flexibility index (Phi) is 5.41. The fourth-order valence-corrected chi connectivity index (χ4v) is 4.07. The van der Waals surface area contributed by atoms with E-state index in [1.807, 2.05) is 6.08 Å². The van der Waals surface area contributed by atoms with Gasteiger partial charge in [0.05, 0.1) is 12.0 Å². The quantitative estimate of drug-likeness (QED) is 0.309. The average Bonchev–Trinajstić information content (AvgIpc) is 2.40. The molecule has 3 heteroatoms. The van der Waals surface area contributed by atoms with Crippen molar-refractivity contribution in [2.24, 2.45) is 11.3 Å². The zero-order valence-electron chi connectivity index (χ0n) is 16.1. The van der Waals surface area contributed by atoms with Crippen LogP contribution in [0.15, 0.2) is 22.8 Å². The predicted octanol–water partition coefficient (Wildman–Crippen LogP) is 5.15. The Morgan fingerprint density at radius 1 is 1.21 bits per heavy atom. The molecule has 0 N–H and O–H groups in total. The van der Waals surface area contributed by atoms with Crippen LogP contribution in [0.3, 0.4) is 0 Å². The zero-order valence-corrected chi connectivity index (χ0v) is 16.1. The highest BCUT2D eigenvalue weighted by molar-refractivity contribution is 6.19. The van der Waals surface area contributed by atoms with Gasteiger partial charge in [-0.1, -0.05) is 38.0 Å². The summed E-state index contributed by atoms with van der Waals surface area (Å²) in [6.07, 6.45) is 7.82. The van der Waals surface area contributed by atoms with Crippen LogP contribution in [-0.4, -0.2) is 17.4 Å². The molecule has 1 aliphatic heterocycles. The van der Waals surface area contributed by atoms with E-state index in [0.29, 0.717) is 0 Å². The summed E-state index contributed by atoms with van der Waals surface area (Å²) in [6.45, 7) is 12.6. The van der Waals surface area contributed by atoms with Crippen molar-refractivity contribution in [1.82, 2.24) is 0 Å². The highest BCUT2D eigenvalue weighted by Gasteiger charge is 2.37. The first-order valence-electron chi connectivity index (χ1n) is 9.19. The van der Waals surface area contributed by atoms with Gasteiger partial charge in [-0.3, -0.25) is 4.79 Å². The van der Waals surface area contributed by atoms with Crippen molar-refractivity contribution < 1.29 is 14.3 Å². The summed E-state index contributed by atoms with van der Waals surface area (Å²) < 4.78 is 5.36. The molecule has 2 rings (SSSR count). The molecule has 1 fully saturated rings. The predicted molar refractivity (Wildman–Crippen MR) is 96.6 cm³/mol. The number of allylic oxidation sites excluding steroid dienone is 3. The van der Waals surface area contributed by atoms with Gasteiger partial charge in [0.25, 0.3) is 0 Å². The maximum Gasteiger partial charge on any atom is 0.341 e. The molecule has 1 saturated heterocycles. The van der Waals surface area contributed by atoms with Crippen LogP contribution in [-0.2, 0) is 14.3 Å². The lowest BCUT2D eigenvalue weighted by molar-refractivity contribution is -0.159. The standard InChI is InChI=1S/C21H32O3/c1-14(9-10-17-15(2)8-7-11-20(17,3)4)12-16-18(22)13-21(5,6)24-19(16)23/h12,14H,7-11,13H2,1-6H3/b16-12-. The Labute approximate surface area is 146 Å². The minimum Gasteiger partial charge on any atom is -0.456 e. The Morgan fingerprint density at radius 3 is 2.46 bits per heavy atom. The van der Waals surface area contributed by atoms with E-state index >= 15 is 0 Å². The van der Waals surface area contributed by atoms with Crippen LogP contribution in [0.2, 0.25) is 0 Å². The van der Waals surface area contributed by atoms with Crippen molar-refractivity contribution in [3.05, 3.63) is 22.8 Å². The second-order valence-electron chi connectivity index (χ2n) is 8.84. The number of hydrogen-bond donors (Lipinski definition) is 0. The fourth-order valence-electron chi connectivity index (χ4n) is 4.07. The topological polar surface area (TPSA) is 43.4 Å². The number of ether oxygens (including phenoxy) is 1. The Balaban J connectivity index is 2.04. The van der Waals surface area contributed by atoms with Gasteiger partial charge in [0.15, 0.2) is 5.78 Å². The van der Waals surface area contributed by atoms with E-state index in [4.69, 9.17) is 4.74 Å². The summed E-state index contributed by atoms with van der Waals surface area (Å²) in [5, 5.41) is 0. The SMILES string of the molecule is CC1=C(CCC(C)/C=C2/C(=O)CC(C)(C)OC2=O)C(C)(C)CCC1. The molecule has 0 aromatic carbocycles. The number of Topliss-reactive ketones (excluding diaryl/α,β-unsaturated/α-hetero) is 1. The van der Waals surface area contributed by atoms with Gasteiger partial charge in [0.1, 0.15) is 5.60 Å². The molecule has 0 spiro atoms. The van der Waals surface area contributed by atoms with Gasteiger partial charge in [0.2, 0.25) is 0 Å². The average molecular weight is 332 g/mol. The normalized spacial score (nSPS) is 26.5. The van der Waals surface area contributed by atoms with Gasteiger partial charge < -0.3 is 4.74 Å². The molecule has 0 aromatic heterocycles. The summed E-state index contributed by atoms with van der Waals surface area (Å²) in [7, 11) is 0. The van der Waals surface area contributed by atoms with E-state index in [0.717, 1.165) is 12.8 Å². The number of hydrogen-bond acceptors (Lipinski definition) is 3. The fraction of sp³-hybridized carbons (Fsp3) is 0.714. The molecule has 24 heavy (non-hydrogen) atoms. The van der Waals surface area contributed by atoms with Crippen molar-refractivity contribution >= 4 is 11.8 Å². The van der Waals surface area contributed by atoms with E-state index in [2.05, 4.69) is 27.7 Å². The van der Waals surface area contributed by atoms with Crippen LogP contribution in [0, 0.1) is 11.3 Å². The molecule has 1 aliphatic carbocycles. The molecule has 0 radical (unpaired) electrons. The lowest BCUT2D eigenvalue weighted by Gasteiger charge is -2.35. The van der Waals surface area contributed by atoms with Crippen LogP contribution >= 0.6 is 0 Å². The summed E-state index contributed by atoms with van der Waals surface area (Å²) in [5.41, 5.74) is 2.94. The molecule has 2 aliphatic rings.